The van der Waals surface area contributed by atoms with Crippen LogP contribution in [-0.4, -0.2) is 20.8 Å². The first-order chi connectivity index (χ1) is 9.01. The molecule has 1 unspecified atom stereocenters. The number of nitrogens with zero attached hydrogens (tertiary/aromatic N) is 3. The summed E-state index contributed by atoms with van der Waals surface area (Å²) in [5.41, 5.74) is 8.17. The van der Waals surface area contributed by atoms with Crippen LogP contribution >= 0.6 is 11.6 Å². The van der Waals surface area contributed by atoms with Crippen molar-refractivity contribution in [2.45, 2.75) is 39.7 Å². The van der Waals surface area contributed by atoms with Crippen molar-refractivity contribution in [1.29, 1.82) is 0 Å². The minimum absolute atomic E-state index is 0.127. The lowest BCUT2D eigenvalue weighted by molar-refractivity contribution is 0.641. The molecule has 0 amide bonds. The summed E-state index contributed by atoms with van der Waals surface area (Å²) in [6, 6.07) is 5.93. The van der Waals surface area contributed by atoms with Crippen LogP contribution in [0.4, 0.5) is 0 Å². The van der Waals surface area contributed by atoms with Crippen LogP contribution in [0, 0.1) is 13.8 Å². The molecule has 0 saturated heterocycles. The summed E-state index contributed by atoms with van der Waals surface area (Å²) in [6.45, 7) is 5.91. The van der Waals surface area contributed by atoms with Gasteiger partial charge in [0.25, 0.3) is 0 Å². The van der Waals surface area contributed by atoms with Crippen molar-refractivity contribution in [3.8, 4) is 5.69 Å². The smallest absolute Gasteiger partial charge is 0.148 e. The number of rotatable bonds is 4. The molecule has 4 nitrogen and oxygen atoms in total. The second-order valence-electron chi connectivity index (χ2n) is 4.76. The third-order valence-electron chi connectivity index (χ3n) is 3.15. The maximum Gasteiger partial charge on any atom is 0.148 e. The van der Waals surface area contributed by atoms with Gasteiger partial charge in [0.2, 0.25) is 0 Å². The normalized spacial score (nSPS) is 12.7. The zero-order chi connectivity index (χ0) is 14.0. The standard InChI is InChI=1S/C14H19ClN4/c1-4-13(16)8-11-7-12(15)5-6-14(11)19-10(3)17-9(2)18-19/h5-7,13H,4,8,16H2,1-3H3. The number of aromatic nitrogens is 3. The van der Waals surface area contributed by atoms with Crippen molar-refractivity contribution in [1.82, 2.24) is 14.8 Å². The van der Waals surface area contributed by atoms with Crippen molar-refractivity contribution < 1.29 is 0 Å². The third-order valence-corrected chi connectivity index (χ3v) is 3.39. The average molecular weight is 279 g/mol. The Balaban J connectivity index is 2.47. The first kappa shape index (κ1) is 14.0. The molecule has 2 rings (SSSR count). The highest BCUT2D eigenvalue weighted by Gasteiger charge is 2.12. The molecule has 102 valence electrons. The first-order valence-electron chi connectivity index (χ1n) is 6.46. The molecule has 19 heavy (non-hydrogen) atoms. The van der Waals surface area contributed by atoms with E-state index in [-0.39, 0.29) is 6.04 Å². The van der Waals surface area contributed by atoms with Crippen LogP contribution < -0.4 is 5.73 Å². The molecule has 0 saturated carbocycles. The van der Waals surface area contributed by atoms with Crippen molar-refractivity contribution in [2.24, 2.45) is 5.73 Å². The molecule has 2 aromatic rings. The highest BCUT2D eigenvalue weighted by molar-refractivity contribution is 6.30. The van der Waals surface area contributed by atoms with E-state index in [1.165, 1.54) is 0 Å². The summed E-state index contributed by atoms with van der Waals surface area (Å²) in [7, 11) is 0. The lowest BCUT2D eigenvalue weighted by Gasteiger charge is -2.14. The molecule has 1 heterocycles. The van der Waals surface area contributed by atoms with Crippen LogP contribution in [0.1, 0.15) is 30.6 Å². The molecular weight excluding hydrogens is 260 g/mol. The predicted molar refractivity (Wildman–Crippen MR) is 77.8 cm³/mol. The molecule has 2 N–H and O–H groups in total. The van der Waals surface area contributed by atoms with E-state index in [2.05, 4.69) is 17.0 Å². The van der Waals surface area contributed by atoms with Gasteiger partial charge in [-0.1, -0.05) is 18.5 Å². The highest BCUT2D eigenvalue weighted by Crippen LogP contribution is 2.22. The summed E-state index contributed by atoms with van der Waals surface area (Å²) in [5.74, 6) is 1.63. The zero-order valence-electron chi connectivity index (χ0n) is 11.5. The summed E-state index contributed by atoms with van der Waals surface area (Å²) >= 11 is 6.09. The Morgan fingerprint density at radius 3 is 2.68 bits per heavy atom. The molecule has 0 aliphatic carbocycles. The van der Waals surface area contributed by atoms with Crippen LogP contribution in [0.25, 0.3) is 5.69 Å². The molecular formula is C14H19ClN4. The van der Waals surface area contributed by atoms with E-state index in [0.29, 0.717) is 0 Å². The first-order valence-corrected chi connectivity index (χ1v) is 6.83. The van der Waals surface area contributed by atoms with Gasteiger partial charge in [-0.25, -0.2) is 9.67 Å². The Kier molecular flexibility index (Phi) is 4.22. The van der Waals surface area contributed by atoms with Crippen molar-refractivity contribution in [3.05, 3.63) is 40.4 Å². The molecule has 0 aliphatic rings. The Labute approximate surface area is 118 Å². The van der Waals surface area contributed by atoms with Crippen LogP contribution in [0.15, 0.2) is 18.2 Å². The highest BCUT2D eigenvalue weighted by atomic mass is 35.5. The SMILES string of the molecule is CCC(N)Cc1cc(Cl)ccc1-n1nc(C)nc1C. The van der Waals surface area contributed by atoms with E-state index in [0.717, 1.165) is 40.8 Å². The second-order valence-corrected chi connectivity index (χ2v) is 5.20. The molecule has 1 atom stereocenters. The fourth-order valence-corrected chi connectivity index (χ4v) is 2.29. The van der Waals surface area contributed by atoms with Crippen molar-refractivity contribution in [3.63, 3.8) is 0 Å². The number of hydrogen-bond donors (Lipinski definition) is 1. The monoisotopic (exact) mass is 278 g/mol. The van der Waals surface area contributed by atoms with Gasteiger partial charge in [0.05, 0.1) is 5.69 Å². The van der Waals surface area contributed by atoms with Crippen molar-refractivity contribution >= 4 is 11.6 Å². The Hall–Kier alpha value is -1.39. The lowest BCUT2D eigenvalue weighted by atomic mass is 10.0. The number of nitrogens with two attached hydrogens (primary N) is 1. The molecule has 5 heteroatoms. The molecule has 1 aromatic carbocycles. The number of aryl methyl sites for hydroxylation is 2. The van der Waals surface area contributed by atoms with Gasteiger partial charge >= 0.3 is 0 Å². The molecule has 0 radical (unpaired) electrons. The molecule has 0 spiro atoms. The topological polar surface area (TPSA) is 56.7 Å². The Morgan fingerprint density at radius 2 is 2.11 bits per heavy atom. The number of hydrogen-bond acceptors (Lipinski definition) is 3. The Morgan fingerprint density at radius 1 is 1.37 bits per heavy atom. The molecule has 0 aliphatic heterocycles. The van der Waals surface area contributed by atoms with E-state index in [9.17, 15) is 0 Å². The largest absolute Gasteiger partial charge is 0.327 e. The van der Waals surface area contributed by atoms with Crippen LogP contribution in [0.5, 0.6) is 0 Å². The van der Waals surface area contributed by atoms with Gasteiger partial charge < -0.3 is 5.73 Å². The van der Waals surface area contributed by atoms with E-state index in [1.807, 2.05) is 36.7 Å². The van der Waals surface area contributed by atoms with Gasteiger partial charge in [-0.15, -0.1) is 0 Å². The maximum absolute atomic E-state index is 6.09. The van der Waals surface area contributed by atoms with Crippen molar-refractivity contribution in [2.75, 3.05) is 0 Å². The fraction of sp³-hybridized carbons (Fsp3) is 0.429. The van der Waals surface area contributed by atoms with Gasteiger partial charge in [0.1, 0.15) is 11.6 Å². The van der Waals surface area contributed by atoms with E-state index < -0.39 is 0 Å². The van der Waals surface area contributed by atoms with E-state index >= 15 is 0 Å². The third kappa shape index (κ3) is 3.14. The average Bonchev–Trinajstić information content (AvgIpc) is 2.68. The van der Waals surface area contributed by atoms with E-state index in [1.54, 1.807) is 0 Å². The van der Waals surface area contributed by atoms with E-state index in [4.69, 9.17) is 17.3 Å². The maximum atomic E-state index is 6.09. The minimum atomic E-state index is 0.127. The van der Waals surface area contributed by atoms with Crippen LogP contribution in [0.3, 0.4) is 0 Å². The van der Waals surface area contributed by atoms with Gasteiger partial charge in [0.15, 0.2) is 0 Å². The minimum Gasteiger partial charge on any atom is -0.327 e. The lowest BCUT2D eigenvalue weighted by Crippen LogP contribution is -2.22. The zero-order valence-corrected chi connectivity index (χ0v) is 12.3. The summed E-state index contributed by atoms with van der Waals surface area (Å²) in [5, 5.41) is 5.14. The molecule has 0 bridgehead atoms. The second kappa shape index (κ2) is 5.72. The summed E-state index contributed by atoms with van der Waals surface area (Å²) in [6.07, 6.45) is 1.71. The van der Waals surface area contributed by atoms with Gasteiger partial charge in [-0.2, -0.15) is 5.10 Å². The van der Waals surface area contributed by atoms with Gasteiger partial charge in [0, 0.05) is 11.1 Å². The Bertz CT molecular complexity index is 577. The summed E-state index contributed by atoms with van der Waals surface area (Å²) in [4.78, 5) is 4.34. The van der Waals surface area contributed by atoms with Gasteiger partial charge in [-0.3, -0.25) is 0 Å². The molecule has 0 fully saturated rings. The quantitative estimate of drug-likeness (QED) is 0.936. The predicted octanol–water partition coefficient (Wildman–Crippen LogP) is 2.82. The fourth-order valence-electron chi connectivity index (χ4n) is 2.10. The van der Waals surface area contributed by atoms with Crippen LogP contribution in [-0.2, 0) is 6.42 Å². The summed E-state index contributed by atoms with van der Waals surface area (Å²) < 4.78 is 1.85. The number of halogens is 1. The van der Waals surface area contributed by atoms with Gasteiger partial charge in [-0.05, 0) is 50.5 Å². The number of benzene rings is 1. The molecule has 1 aromatic heterocycles. The van der Waals surface area contributed by atoms with Crippen LogP contribution in [0.2, 0.25) is 5.02 Å².